The minimum absolute atomic E-state index is 0.0200. The SMILES string of the molecule is CC[C@H](C)NC(=O)/C(C#N)=C/c1c(C)n(Cc2ccc(Cl)cc2)c2ccccc12. The molecule has 0 unspecified atom stereocenters. The zero-order chi connectivity index (χ0) is 21.0. The van der Waals surface area contributed by atoms with Crippen molar-refractivity contribution in [3.05, 3.63) is 75.9 Å². The lowest BCUT2D eigenvalue weighted by Gasteiger charge is -2.10. The lowest BCUT2D eigenvalue weighted by atomic mass is 10.1. The van der Waals surface area contributed by atoms with Crippen LogP contribution < -0.4 is 5.32 Å². The molecule has 0 aliphatic heterocycles. The molecule has 0 spiro atoms. The van der Waals surface area contributed by atoms with E-state index in [-0.39, 0.29) is 17.5 Å². The first-order chi connectivity index (χ1) is 13.9. The number of aromatic nitrogens is 1. The van der Waals surface area contributed by atoms with Crippen molar-refractivity contribution in [3.63, 3.8) is 0 Å². The maximum absolute atomic E-state index is 12.5. The Balaban J connectivity index is 2.06. The molecule has 1 N–H and O–H groups in total. The van der Waals surface area contributed by atoms with Gasteiger partial charge >= 0.3 is 0 Å². The Labute approximate surface area is 176 Å². The second-order valence-corrected chi connectivity index (χ2v) is 7.62. The molecular weight excluding hydrogens is 382 g/mol. The topological polar surface area (TPSA) is 57.8 Å². The normalized spacial score (nSPS) is 12.6. The molecule has 1 aromatic heterocycles. The monoisotopic (exact) mass is 405 g/mol. The Bertz CT molecular complexity index is 1100. The molecule has 1 amide bonds. The summed E-state index contributed by atoms with van der Waals surface area (Å²) in [7, 11) is 0. The van der Waals surface area contributed by atoms with E-state index in [0.717, 1.165) is 34.1 Å². The van der Waals surface area contributed by atoms with Crippen LogP contribution in [0.2, 0.25) is 5.02 Å². The number of carbonyl (C=O) groups excluding carboxylic acids is 1. The highest BCUT2D eigenvalue weighted by Gasteiger charge is 2.17. The van der Waals surface area contributed by atoms with Crippen molar-refractivity contribution < 1.29 is 4.79 Å². The van der Waals surface area contributed by atoms with E-state index in [1.165, 1.54) is 0 Å². The third-order valence-electron chi connectivity index (χ3n) is 5.18. The van der Waals surface area contributed by atoms with Gasteiger partial charge in [0.15, 0.2) is 0 Å². The predicted molar refractivity (Wildman–Crippen MR) is 119 cm³/mol. The molecule has 0 aliphatic carbocycles. The number of nitrogens with zero attached hydrogens (tertiary/aromatic N) is 2. The molecule has 0 aliphatic rings. The zero-order valence-electron chi connectivity index (χ0n) is 16.9. The van der Waals surface area contributed by atoms with Gasteiger partial charge in [0.25, 0.3) is 5.91 Å². The van der Waals surface area contributed by atoms with Gasteiger partial charge in [0, 0.05) is 39.8 Å². The maximum atomic E-state index is 12.5. The molecule has 3 rings (SSSR count). The highest BCUT2D eigenvalue weighted by molar-refractivity contribution is 6.30. The fourth-order valence-corrected chi connectivity index (χ4v) is 3.44. The van der Waals surface area contributed by atoms with Gasteiger partial charge in [0.05, 0.1) is 0 Å². The molecule has 1 heterocycles. The van der Waals surface area contributed by atoms with Crippen LogP contribution in [0.25, 0.3) is 17.0 Å². The van der Waals surface area contributed by atoms with Crippen molar-refractivity contribution in [2.24, 2.45) is 0 Å². The minimum Gasteiger partial charge on any atom is -0.349 e. The summed E-state index contributed by atoms with van der Waals surface area (Å²) >= 11 is 6.01. The second kappa shape index (κ2) is 8.98. The fraction of sp³-hybridized carbons (Fsp3) is 0.250. The summed E-state index contributed by atoms with van der Waals surface area (Å²) in [6.45, 7) is 6.62. The van der Waals surface area contributed by atoms with Gasteiger partial charge in [-0.3, -0.25) is 4.79 Å². The molecule has 0 radical (unpaired) electrons. The van der Waals surface area contributed by atoms with Crippen LogP contribution in [-0.4, -0.2) is 16.5 Å². The van der Waals surface area contributed by atoms with Crippen LogP contribution in [-0.2, 0) is 11.3 Å². The van der Waals surface area contributed by atoms with Crippen molar-refractivity contribution in [2.45, 2.75) is 39.8 Å². The Hall–Kier alpha value is -3.03. The van der Waals surface area contributed by atoms with Crippen LogP contribution in [0.4, 0.5) is 0 Å². The Kier molecular flexibility index (Phi) is 6.41. The number of halogens is 1. The van der Waals surface area contributed by atoms with E-state index in [2.05, 4.69) is 22.0 Å². The highest BCUT2D eigenvalue weighted by atomic mass is 35.5. The van der Waals surface area contributed by atoms with Gasteiger partial charge < -0.3 is 9.88 Å². The zero-order valence-corrected chi connectivity index (χ0v) is 17.6. The summed E-state index contributed by atoms with van der Waals surface area (Å²) < 4.78 is 2.20. The number of amides is 1. The summed E-state index contributed by atoms with van der Waals surface area (Å²) in [4.78, 5) is 12.5. The van der Waals surface area contributed by atoms with Gasteiger partial charge in [-0.05, 0) is 50.1 Å². The molecule has 5 heteroatoms. The van der Waals surface area contributed by atoms with Crippen molar-refractivity contribution in [2.75, 3.05) is 0 Å². The molecule has 0 bridgehead atoms. The number of hydrogen-bond donors (Lipinski definition) is 1. The average molecular weight is 406 g/mol. The Morgan fingerprint density at radius 3 is 2.59 bits per heavy atom. The smallest absolute Gasteiger partial charge is 0.262 e. The van der Waals surface area contributed by atoms with E-state index in [4.69, 9.17) is 11.6 Å². The van der Waals surface area contributed by atoms with Gasteiger partial charge in [-0.1, -0.05) is 48.9 Å². The Morgan fingerprint density at radius 1 is 1.24 bits per heavy atom. The first kappa shape index (κ1) is 20.7. The molecule has 0 saturated carbocycles. The van der Waals surface area contributed by atoms with Crippen LogP contribution in [0.3, 0.4) is 0 Å². The van der Waals surface area contributed by atoms with Crippen LogP contribution in [0, 0.1) is 18.3 Å². The van der Waals surface area contributed by atoms with Gasteiger partial charge in [-0.25, -0.2) is 0 Å². The maximum Gasteiger partial charge on any atom is 0.262 e. The van der Waals surface area contributed by atoms with Crippen LogP contribution in [0.5, 0.6) is 0 Å². The minimum atomic E-state index is -0.337. The van der Waals surface area contributed by atoms with Crippen LogP contribution in [0.15, 0.2) is 54.1 Å². The summed E-state index contributed by atoms with van der Waals surface area (Å²) in [6, 6.07) is 17.9. The number of para-hydroxylation sites is 1. The standard InChI is InChI=1S/C24H24ClN3O/c1-4-16(2)27-24(29)19(14-26)13-22-17(3)28(23-8-6-5-7-21(22)23)15-18-9-11-20(25)12-10-18/h5-13,16H,4,15H2,1-3H3,(H,27,29)/b19-13+/t16-/m0/s1. The molecule has 1 atom stereocenters. The van der Waals surface area contributed by atoms with Gasteiger partial charge in [0.1, 0.15) is 11.6 Å². The molecule has 0 saturated heterocycles. The van der Waals surface area contributed by atoms with E-state index in [9.17, 15) is 10.1 Å². The highest BCUT2D eigenvalue weighted by Crippen LogP contribution is 2.29. The van der Waals surface area contributed by atoms with E-state index in [0.29, 0.717) is 11.6 Å². The number of rotatable bonds is 6. The number of hydrogen-bond acceptors (Lipinski definition) is 2. The summed E-state index contributed by atoms with van der Waals surface area (Å²) in [6.07, 6.45) is 2.51. The number of benzene rings is 2. The third-order valence-corrected chi connectivity index (χ3v) is 5.43. The van der Waals surface area contributed by atoms with E-state index in [1.807, 2.05) is 63.2 Å². The summed E-state index contributed by atoms with van der Waals surface area (Å²) in [5.41, 5.74) is 4.20. The quantitative estimate of drug-likeness (QED) is 0.436. The lowest BCUT2D eigenvalue weighted by Crippen LogP contribution is -2.32. The molecule has 2 aromatic carbocycles. The van der Waals surface area contributed by atoms with E-state index < -0.39 is 0 Å². The molecule has 4 nitrogen and oxygen atoms in total. The first-order valence-corrected chi connectivity index (χ1v) is 10.1. The average Bonchev–Trinajstić information content (AvgIpc) is 2.98. The summed E-state index contributed by atoms with van der Waals surface area (Å²) in [5, 5.41) is 14.2. The fourth-order valence-electron chi connectivity index (χ4n) is 3.31. The first-order valence-electron chi connectivity index (χ1n) is 9.69. The molecule has 148 valence electrons. The molecule has 0 fully saturated rings. The predicted octanol–water partition coefficient (Wildman–Crippen LogP) is 5.47. The second-order valence-electron chi connectivity index (χ2n) is 7.18. The van der Waals surface area contributed by atoms with Crippen molar-refractivity contribution in [3.8, 4) is 6.07 Å². The van der Waals surface area contributed by atoms with Crippen LogP contribution in [0.1, 0.15) is 37.1 Å². The molecule has 29 heavy (non-hydrogen) atoms. The summed E-state index contributed by atoms with van der Waals surface area (Å²) in [5.74, 6) is -0.337. The van der Waals surface area contributed by atoms with Gasteiger partial charge in [-0.15, -0.1) is 0 Å². The number of fused-ring (bicyclic) bond motifs is 1. The number of carbonyl (C=O) groups is 1. The third kappa shape index (κ3) is 4.52. The van der Waals surface area contributed by atoms with Crippen molar-refractivity contribution >= 4 is 34.5 Å². The molecular formula is C24H24ClN3O. The number of nitriles is 1. The van der Waals surface area contributed by atoms with E-state index in [1.54, 1.807) is 6.08 Å². The lowest BCUT2D eigenvalue weighted by molar-refractivity contribution is -0.117. The van der Waals surface area contributed by atoms with Crippen molar-refractivity contribution in [1.29, 1.82) is 5.26 Å². The molecule has 3 aromatic rings. The van der Waals surface area contributed by atoms with Crippen molar-refractivity contribution in [1.82, 2.24) is 9.88 Å². The largest absolute Gasteiger partial charge is 0.349 e. The Morgan fingerprint density at radius 2 is 1.93 bits per heavy atom. The number of nitrogens with one attached hydrogen (secondary N) is 1. The van der Waals surface area contributed by atoms with Gasteiger partial charge in [-0.2, -0.15) is 5.26 Å². The van der Waals surface area contributed by atoms with Crippen LogP contribution >= 0.6 is 11.6 Å². The van der Waals surface area contributed by atoms with Gasteiger partial charge in [0.2, 0.25) is 0 Å². The van der Waals surface area contributed by atoms with E-state index >= 15 is 0 Å².